The van der Waals surface area contributed by atoms with Crippen LogP contribution in [0, 0.1) is 0 Å². The van der Waals surface area contributed by atoms with Gasteiger partial charge < -0.3 is 14.6 Å². The van der Waals surface area contributed by atoms with Crippen LogP contribution in [0.25, 0.3) is 22.3 Å². The highest BCUT2D eigenvalue weighted by molar-refractivity contribution is 5.78. The summed E-state index contributed by atoms with van der Waals surface area (Å²) >= 11 is 0. The van der Waals surface area contributed by atoms with Gasteiger partial charge in [0.15, 0.2) is 11.7 Å². The highest BCUT2D eigenvalue weighted by Gasteiger charge is 2.07. The molecule has 0 radical (unpaired) electrons. The molecule has 0 fully saturated rings. The maximum atomic E-state index is 12.0. The van der Waals surface area contributed by atoms with Crippen molar-refractivity contribution in [1.29, 1.82) is 0 Å². The number of rotatable bonds is 2. The van der Waals surface area contributed by atoms with E-state index >= 15 is 0 Å². The van der Waals surface area contributed by atoms with Gasteiger partial charge in [-0.15, -0.1) is 0 Å². The topological polar surface area (TPSA) is 70.7 Å². The van der Waals surface area contributed by atoms with E-state index in [1.807, 2.05) is 0 Å². The smallest absolute Gasteiger partial charge is 0.193 e. The molecule has 0 bridgehead atoms. The van der Waals surface area contributed by atoms with Crippen LogP contribution in [0.1, 0.15) is 11.9 Å². The van der Waals surface area contributed by atoms with Gasteiger partial charge in [0.25, 0.3) is 0 Å². The number of aliphatic hydroxyl groups is 2. The standard InChI is InChI=1S/C16H12O4/c17-13-9-15(20-14-4-2-1-3-12(13)14)10-5-7-11(8-6-10)16(18)19/h1-9,16,18-19H. The summed E-state index contributed by atoms with van der Waals surface area (Å²) < 4.78 is 5.70. The Bertz CT molecular complexity index is 801. The Morgan fingerprint density at radius 3 is 2.35 bits per heavy atom. The Morgan fingerprint density at radius 1 is 0.950 bits per heavy atom. The first kappa shape index (κ1) is 12.6. The minimum Gasteiger partial charge on any atom is -0.456 e. The molecule has 0 aliphatic carbocycles. The number of aliphatic hydroxyl groups excluding tert-OH is 1. The molecular formula is C16H12O4. The fourth-order valence-corrected chi connectivity index (χ4v) is 2.07. The molecule has 0 saturated carbocycles. The van der Waals surface area contributed by atoms with Gasteiger partial charge in [0, 0.05) is 17.2 Å². The third-order valence-corrected chi connectivity index (χ3v) is 3.13. The summed E-state index contributed by atoms with van der Waals surface area (Å²) in [6, 6.07) is 15.0. The molecule has 0 aliphatic rings. The van der Waals surface area contributed by atoms with Crippen molar-refractivity contribution in [2.75, 3.05) is 0 Å². The molecule has 4 heteroatoms. The first-order valence-electron chi connectivity index (χ1n) is 6.14. The first-order valence-corrected chi connectivity index (χ1v) is 6.14. The summed E-state index contributed by atoms with van der Waals surface area (Å²) in [6.45, 7) is 0. The lowest BCUT2D eigenvalue weighted by molar-refractivity contribution is -0.0424. The van der Waals surface area contributed by atoms with Gasteiger partial charge in [-0.05, 0) is 12.1 Å². The van der Waals surface area contributed by atoms with Crippen LogP contribution in [-0.2, 0) is 0 Å². The fraction of sp³-hybridized carbons (Fsp3) is 0.0625. The number of fused-ring (bicyclic) bond motifs is 1. The number of hydrogen-bond acceptors (Lipinski definition) is 4. The molecule has 4 nitrogen and oxygen atoms in total. The van der Waals surface area contributed by atoms with E-state index in [1.165, 1.54) is 6.07 Å². The Kier molecular flexibility index (Phi) is 3.10. The molecule has 0 unspecified atom stereocenters. The van der Waals surface area contributed by atoms with Crippen molar-refractivity contribution in [1.82, 2.24) is 0 Å². The molecule has 1 aromatic heterocycles. The quantitative estimate of drug-likeness (QED) is 0.700. The lowest BCUT2D eigenvalue weighted by atomic mass is 10.1. The van der Waals surface area contributed by atoms with Gasteiger partial charge in [0.2, 0.25) is 0 Å². The third kappa shape index (κ3) is 2.22. The highest BCUT2D eigenvalue weighted by atomic mass is 16.5. The van der Waals surface area contributed by atoms with Crippen molar-refractivity contribution in [2.45, 2.75) is 6.29 Å². The van der Waals surface area contributed by atoms with Gasteiger partial charge >= 0.3 is 0 Å². The van der Waals surface area contributed by atoms with E-state index in [0.29, 0.717) is 27.9 Å². The molecule has 20 heavy (non-hydrogen) atoms. The Balaban J connectivity index is 2.12. The molecule has 1 heterocycles. The molecule has 0 atom stereocenters. The average Bonchev–Trinajstić information content (AvgIpc) is 2.47. The minimum atomic E-state index is -1.51. The largest absolute Gasteiger partial charge is 0.456 e. The van der Waals surface area contributed by atoms with Crippen molar-refractivity contribution < 1.29 is 14.6 Å². The average molecular weight is 268 g/mol. The van der Waals surface area contributed by atoms with Crippen LogP contribution < -0.4 is 5.43 Å². The molecule has 0 amide bonds. The SMILES string of the molecule is O=c1cc(-c2ccc(C(O)O)cc2)oc2ccccc12. The zero-order chi connectivity index (χ0) is 14.1. The van der Waals surface area contributed by atoms with Crippen LogP contribution in [0.2, 0.25) is 0 Å². The molecule has 0 aliphatic heterocycles. The van der Waals surface area contributed by atoms with Crippen molar-refractivity contribution in [2.24, 2.45) is 0 Å². The predicted molar refractivity (Wildman–Crippen MR) is 75.1 cm³/mol. The summed E-state index contributed by atoms with van der Waals surface area (Å²) in [4.78, 5) is 12.0. The molecule has 3 rings (SSSR count). The normalized spacial score (nSPS) is 11.2. The number of para-hydroxylation sites is 1. The Morgan fingerprint density at radius 2 is 1.65 bits per heavy atom. The molecule has 2 N–H and O–H groups in total. The van der Waals surface area contributed by atoms with Gasteiger partial charge in [-0.2, -0.15) is 0 Å². The van der Waals surface area contributed by atoms with Gasteiger partial charge in [0.05, 0.1) is 5.39 Å². The zero-order valence-electron chi connectivity index (χ0n) is 10.5. The maximum Gasteiger partial charge on any atom is 0.193 e. The van der Waals surface area contributed by atoms with Gasteiger partial charge in [0.1, 0.15) is 11.3 Å². The molecule has 0 spiro atoms. The summed E-state index contributed by atoms with van der Waals surface area (Å²) in [6.07, 6.45) is -1.51. The van der Waals surface area contributed by atoms with Crippen LogP contribution >= 0.6 is 0 Å². The van der Waals surface area contributed by atoms with Crippen LogP contribution in [0.3, 0.4) is 0 Å². The second-order valence-electron chi connectivity index (χ2n) is 4.47. The van der Waals surface area contributed by atoms with Gasteiger partial charge in [-0.25, -0.2) is 0 Å². The first-order chi connectivity index (χ1) is 9.65. The lowest BCUT2D eigenvalue weighted by Gasteiger charge is -2.06. The lowest BCUT2D eigenvalue weighted by Crippen LogP contribution is -2.00. The second kappa shape index (κ2) is 4.92. The van der Waals surface area contributed by atoms with Crippen LogP contribution in [0.15, 0.2) is 63.8 Å². The minimum absolute atomic E-state index is 0.104. The van der Waals surface area contributed by atoms with Crippen LogP contribution in [-0.4, -0.2) is 10.2 Å². The zero-order valence-corrected chi connectivity index (χ0v) is 10.5. The predicted octanol–water partition coefficient (Wildman–Crippen LogP) is 2.44. The summed E-state index contributed by atoms with van der Waals surface area (Å²) in [5, 5.41) is 18.6. The molecule has 100 valence electrons. The summed E-state index contributed by atoms with van der Waals surface area (Å²) in [5.74, 6) is 0.452. The molecule has 3 aromatic rings. The summed E-state index contributed by atoms with van der Waals surface area (Å²) in [7, 11) is 0. The van der Waals surface area contributed by atoms with Crippen LogP contribution in [0.4, 0.5) is 0 Å². The van der Waals surface area contributed by atoms with E-state index in [-0.39, 0.29) is 5.43 Å². The number of benzene rings is 2. The van der Waals surface area contributed by atoms with E-state index in [0.717, 1.165) is 0 Å². The van der Waals surface area contributed by atoms with Crippen LogP contribution in [0.5, 0.6) is 0 Å². The molecular weight excluding hydrogens is 256 g/mol. The Hall–Kier alpha value is -2.43. The van der Waals surface area contributed by atoms with Crippen molar-refractivity contribution in [3.05, 3.63) is 70.4 Å². The van der Waals surface area contributed by atoms with E-state index in [2.05, 4.69) is 0 Å². The third-order valence-electron chi connectivity index (χ3n) is 3.13. The number of hydrogen-bond donors (Lipinski definition) is 2. The van der Waals surface area contributed by atoms with Crippen molar-refractivity contribution in [3.8, 4) is 11.3 Å². The van der Waals surface area contributed by atoms with E-state index in [9.17, 15) is 4.79 Å². The Labute approximate surface area is 114 Å². The van der Waals surface area contributed by atoms with Gasteiger partial charge in [-0.1, -0.05) is 36.4 Å². The maximum absolute atomic E-state index is 12.0. The van der Waals surface area contributed by atoms with Crippen molar-refractivity contribution in [3.63, 3.8) is 0 Å². The monoisotopic (exact) mass is 268 g/mol. The molecule has 0 saturated heterocycles. The van der Waals surface area contributed by atoms with Gasteiger partial charge in [-0.3, -0.25) is 4.79 Å². The van der Waals surface area contributed by atoms with E-state index in [4.69, 9.17) is 14.6 Å². The fourth-order valence-electron chi connectivity index (χ4n) is 2.07. The van der Waals surface area contributed by atoms with E-state index in [1.54, 1.807) is 48.5 Å². The molecule has 2 aromatic carbocycles. The second-order valence-corrected chi connectivity index (χ2v) is 4.47. The van der Waals surface area contributed by atoms with Crippen molar-refractivity contribution >= 4 is 11.0 Å². The summed E-state index contributed by atoms with van der Waals surface area (Å²) in [5.41, 5.74) is 1.52. The highest BCUT2D eigenvalue weighted by Crippen LogP contribution is 2.23. The van der Waals surface area contributed by atoms with E-state index < -0.39 is 6.29 Å².